The number of nitrogens with zero attached hydrogens (tertiary/aromatic N) is 1. The Bertz CT molecular complexity index is 660. The fraction of sp³-hybridized carbons (Fsp3) is 0.143. The summed E-state index contributed by atoms with van der Waals surface area (Å²) in [5.74, 6) is -0.232. The number of nitrogens with one attached hydrogen (secondary N) is 1. The van der Waals surface area contributed by atoms with Gasteiger partial charge in [-0.15, -0.1) is 11.3 Å². The van der Waals surface area contributed by atoms with Crippen LogP contribution in [0.4, 0.5) is 5.13 Å². The van der Waals surface area contributed by atoms with Gasteiger partial charge in [-0.3, -0.25) is 10.1 Å². The Hall–Kier alpha value is -1.36. The summed E-state index contributed by atoms with van der Waals surface area (Å²) in [4.78, 5) is 17.1. The van der Waals surface area contributed by atoms with Crippen molar-refractivity contribution < 1.29 is 4.79 Å². The van der Waals surface area contributed by atoms with Gasteiger partial charge < -0.3 is 0 Å². The number of aromatic nitrogens is 1. The molecular formula is C14H12Cl2N2OS. The zero-order valence-corrected chi connectivity index (χ0v) is 13.2. The topological polar surface area (TPSA) is 42.0 Å². The van der Waals surface area contributed by atoms with E-state index < -0.39 is 0 Å². The van der Waals surface area contributed by atoms with E-state index in [9.17, 15) is 4.79 Å². The van der Waals surface area contributed by atoms with Gasteiger partial charge in [-0.1, -0.05) is 29.3 Å². The van der Waals surface area contributed by atoms with Crippen LogP contribution in [0.25, 0.3) is 6.08 Å². The highest BCUT2D eigenvalue weighted by Gasteiger charge is 2.05. The number of carbonyl (C=O) groups excluding carboxylic acids is 1. The second kappa shape index (κ2) is 6.39. The van der Waals surface area contributed by atoms with Crippen molar-refractivity contribution in [3.8, 4) is 0 Å². The minimum atomic E-state index is -0.232. The van der Waals surface area contributed by atoms with Crippen LogP contribution in [0.1, 0.15) is 16.1 Å². The van der Waals surface area contributed by atoms with Crippen LogP contribution in [-0.2, 0) is 4.79 Å². The third-order valence-electron chi connectivity index (χ3n) is 2.63. The molecule has 1 aromatic heterocycles. The Morgan fingerprint density at radius 1 is 1.30 bits per heavy atom. The number of anilines is 1. The first-order valence-corrected chi connectivity index (χ1v) is 7.41. The molecule has 0 aliphatic rings. The number of hydrogen-bond donors (Lipinski definition) is 1. The number of hydrogen-bond acceptors (Lipinski definition) is 3. The van der Waals surface area contributed by atoms with Crippen molar-refractivity contribution >= 4 is 51.7 Å². The maximum Gasteiger partial charge on any atom is 0.250 e. The van der Waals surface area contributed by atoms with Crippen molar-refractivity contribution in [2.24, 2.45) is 0 Å². The summed E-state index contributed by atoms with van der Waals surface area (Å²) in [6.45, 7) is 3.88. The molecule has 6 heteroatoms. The maximum absolute atomic E-state index is 11.8. The van der Waals surface area contributed by atoms with E-state index in [1.165, 1.54) is 17.4 Å². The number of benzene rings is 1. The first-order valence-electron chi connectivity index (χ1n) is 5.84. The zero-order chi connectivity index (χ0) is 14.7. The van der Waals surface area contributed by atoms with Crippen molar-refractivity contribution in [1.82, 2.24) is 4.98 Å². The molecule has 2 rings (SSSR count). The van der Waals surface area contributed by atoms with Crippen LogP contribution in [0.15, 0.2) is 24.3 Å². The van der Waals surface area contributed by atoms with Gasteiger partial charge in [0, 0.05) is 11.0 Å². The van der Waals surface area contributed by atoms with Crippen LogP contribution >= 0.6 is 34.5 Å². The third-order valence-corrected chi connectivity index (χ3v) is 4.36. The van der Waals surface area contributed by atoms with Gasteiger partial charge in [-0.05, 0) is 37.6 Å². The van der Waals surface area contributed by atoms with Gasteiger partial charge in [0.2, 0.25) is 5.91 Å². The number of amides is 1. The molecule has 2 aromatic rings. The minimum absolute atomic E-state index is 0.232. The summed E-state index contributed by atoms with van der Waals surface area (Å²) >= 11 is 13.2. The normalized spacial score (nSPS) is 11.0. The summed E-state index contributed by atoms with van der Waals surface area (Å²) < 4.78 is 0. The van der Waals surface area contributed by atoms with Crippen LogP contribution in [0, 0.1) is 13.8 Å². The SMILES string of the molecule is Cc1nc(NC(=O)/C=C/c2ccc(Cl)c(Cl)c2)sc1C. The van der Waals surface area contributed by atoms with Crippen molar-refractivity contribution in [3.05, 3.63) is 50.5 Å². The Balaban J connectivity index is 2.03. The van der Waals surface area contributed by atoms with E-state index in [0.717, 1.165) is 16.1 Å². The standard InChI is InChI=1S/C14H12Cl2N2OS/c1-8-9(2)20-14(17-8)18-13(19)6-4-10-3-5-11(15)12(16)7-10/h3-7H,1-2H3,(H,17,18,19)/b6-4+. The molecule has 0 spiro atoms. The van der Waals surface area contributed by atoms with Crippen LogP contribution in [0.2, 0.25) is 10.0 Å². The molecule has 0 saturated heterocycles. The summed E-state index contributed by atoms with van der Waals surface area (Å²) in [5.41, 5.74) is 1.74. The van der Waals surface area contributed by atoms with Crippen molar-refractivity contribution in [2.75, 3.05) is 5.32 Å². The van der Waals surface area contributed by atoms with Crippen molar-refractivity contribution in [3.63, 3.8) is 0 Å². The predicted molar refractivity (Wildman–Crippen MR) is 85.7 cm³/mol. The average molecular weight is 327 g/mol. The van der Waals surface area contributed by atoms with Gasteiger partial charge in [-0.25, -0.2) is 4.98 Å². The lowest BCUT2D eigenvalue weighted by Crippen LogP contribution is -2.07. The van der Waals surface area contributed by atoms with Crippen LogP contribution in [0.5, 0.6) is 0 Å². The fourth-order valence-electron chi connectivity index (χ4n) is 1.46. The van der Waals surface area contributed by atoms with E-state index in [2.05, 4.69) is 10.3 Å². The van der Waals surface area contributed by atoms with Gasteiger partial charge in [0.15, 0.2) is 5.13 Å². The Morgan fingerprint density at radius 2 is 2.05 bits per heavy atom. The molecular weight excluding hydrogens is 315 g/mol. The maximum atomic E-state index is 11.8. The average Bonchev–Trinajstić information content (AvgIpc) is 2.70. The Kier molecular flexibility index (Phi) is 4.81. The second-order valence-electron chi connectivity index (χ2n) is 4.16. The van der Waals surface area contributed by atoms with Gasteiger partial charge in [-0.2, -0.15) is 0 Å². The van der Waals surface area contributed by atoms with E-state index in [0.29, 0.717) is 15.2 Å². The number of halogens is 2. The smallest absolute Gasteiger partial charge is 0.250 e. The second-order valence-corrected chi connectivity index (χ2v) is 6.17. The molecule has 20 heavy (non-hydrogen) atoms. The van der Waals surface area contributed by atoms with Gasteiger partial charge >= 0.3 is 0 Å². The van der Waals surface area contributed by atoms with E-state index in [4.69, 9.17) is 23.2 Å². The van der Waals surface area contributed by atoms with Crippen LogP contribution in [-0.4, -0.2) is 10.9 Å². The van der Waals surface area contributed by atoms with E-state index in [-0.39, 0.29) is 5.91 Å². The van der Waals surface area contributed by atoms with E-state index in [1.54, 1.807) is 24.3 Å². The Labute approximate surface area is 131 Å². The molecule has 0 bridgehead atoms. The number of aryl methyl sites for hydroxylation is 2. The molecule has 1 aromatic carbocycles. The summed E-state index contributed by atoms with van der Waals surface area (Å²) in [6, 6.07) is 5.18. The highest BCUT2D eigenvalue weighted by atomic mass is 35.5. The van der Waals surface area contributed by atoms with Crippen LogP contribution in [0.3, 0.4) is 0 Å². The quantitative estimate of drug-likeness (QED) is 0.829. The summed E-state index contributed by atoms with van der Waals surface area (Å²) in [6.07, 6.45) is 3.11. The highest BCUT2D eigenvalue weighted by molar-refractivity contribution is 7.15. The summed E-state index contributed by atoms with van der Waals surface area (Å²) in [5, 5.41) is 4.27. The zero-order valence-electron chi connectivity index (χ0n) is 10.9. The molecule has 0 fully saturated rings. The molecule has 0 atom stereocenters. The highest BCUT2D eigenvalue weighted by Crippen LogP contribution is 2.23. The van der Waals surface area contributed by atoms with Crippen molar-refractivity contribution in [2.45, 2.75) is 13.8 Å². The molecule has 0 unspecified atom stereocenters. The molecule has 1 N–H and O–H groups in total. The Morgan fingerprint density at radius 3 is 2.65 bits per heavy atom. The largest absolute Gasteiger partial charge is 0.298 e. The lowest BCUT2D eigenvalue weighted by atomic mass is 10.2. The minimum Gasteiger partial charge on any atom is -0.298 e. The molecule has 0 aliphatic heterocycles. The third kappa shape index (κ3) is 3.82. The number of thiazole rings is 1. The molecule has 3 nitrogen and oxygen atoms in total. The predicted octanol–water partition coefficient (Wildman–Crippen LogP) is 4.72. The number of rotatable bonds is 3. The summed E-state index contributed by atoms with van der Waals surface area (Å²) in [7, 11) is 0. The van der Waals surface area contributed by atoms with Gasteiger partial charge in [0.1, 0.15) is 0 Å². The van der Waals surface area contributed by atoms with Crippen molar-refractivity contribution in [1.29, 1.82) is 0 Å². The molecule has 104 valence electrons. The monoisotopic (exact) mass is 326 g/mol. The van der Waals surface area contributed by atoms with E-state index in [1.807, 2.05) is 13.8 Å². The van der Waals surface area contributed by atoms with E-state index >= 15 is 0 Å². The van der Waals surface area contributed by atoms with Gasteiger partial charge in [0.25, 0.3) is 0 Å². The first-order chi connectivity index (χ1) is 9.45. The number of carbonyl (C=O) groups is 1. The lowest BCUT2D eigenvalue weighted by Gasteiger charge is -1.98. The fourth-order valence-corrected chi connectivity index (χ4v) is 2.59. The first kappa shape index (κ1) is 15.0. The van der Waals surface area contributed by atoms with Crippen LogP contribution < -0.4 is 5.32 Å². The molecule has 0 saturated carbocycles. The molecule has 1 amide bonds. The van der Waals surface area contributed by atoms with Gasteiger partial charge in [0.05, 0.1) is 15.7 Å². The molecule has 1 heterocycles. The lowest BCUT2D eigenvalue weighted by molar-refractivity contribution is -0.111. The molecule has 0 radical (unpaired) electrons. The molecule has 0 aliphatic carbocycles.